The number of methoxy groups -OCH3 is 3. The third kappa shape index (κ3) is 6.70. The molecule has 5 nitrogen and oxygen atoms in total. The Labute approximate surface area is 235 Å². The summed E-state index contributed by atoms with van der Waals surface area (Å²) in [5.74, 6) is 2.04. The van der Waals surface area contributed by atoms with Crippen LogP contribution < -0.4 is 34.8 Å². The fourth-order valence-electron chi connectivity index (χ4n) is 4.28. The summed E-state index contributed by atoms with van der Waals surface area (Å²) in [6.07, 6.45) is 0. The van der Waals surface area contributed by atoms with Crippen molar-refractivity contribution in [1.82, 2.24) is 4.72 Å². The lowest BCUT2D eigenvalue weighted by atomic mass is 9.99. The summed E-state index contributed by atoms with van der Waals surface area (Å²) < 4.78 is 33.6. The fraction of sp³-hybridized carbons (Fsp3) is 0.250. The minimum atomic E-state index is -1.35. The van der Waals surface area contributed by atoms with Crippen LogP contribution in [-0.4, -0.2) is 30.3 Å². The average molecular weight is 562 g/mol. The van der Waals surface area contributed by atoms with Crippen LogP contribution in [0.4, 0.5) is 0 Å². The first kappa shape index (κ1) is 28.8. The van der Waals surface area contributed by atoms with Gasteiger partial charge in [-0.1, -0.05) is 72.8 Å². The molecule has 0 radical (unpaired) electrons. The van der Waals surface area contributed by atoms with Gasteiger partial charge in [0.1, 0.15) is 5.75 Å². The van der Waals surface area contributed by atoms with Crippen LogP contribution in [0.2, 0.25) is 0 Å². The van der Waals surface area contributed by atoms with Gasteiger partial charge in [-0.3, -0.25) is 0 Å². The highest BCUT2D eigenvalue weighted by Gasteiger charge is 2.30. The van der Waals surface area contributed by atoms with E-state index in [4.69, 9.17) is 14.2 Å². The molecule has 0 fully saturated rings. The van der Waals surface area contributed by atoms with Crippen LogP contribution in [0.5, 0.6) is 17.2 Å². The second kappa shape index (κ2) is 12.8. The zero-order chi connectivity index (χ0) is 28.0. The normalized spacial score (nSPS) is 13.1. The highest BCUT2D eigenvalue weighted by atomic mass is 32.2. The number of hydrogen-bond donors (Lipinski definition) is 1. The van der Waals surface area contributed by atoms with E-state index in [1.54, 1.807) is 21.3 Å². The Balaban J connectivity index is 2.02. The standard InChI is InChI=1S/C32H36NO4PS/c1-32(2,3)39(34)33-31(23-17-19-24(35-4)20-18-23)27-21-28(36-5)29(37-6)22-30(27)38(25-13-9-7-10-14-25)26-15-11-8-12-16-26/h7-22,31,33H,1-6H3/t31-,39?/m0/s1. The van der Waals surface area contributed by atoms with Crippen LogP contribution in [0, 0.1) is 0 Å². The van der Waals surface area contributed by atoms with Gasteiger partial charge in [0.05, 0.1) is 43.1 Å². The molecule has 2 atom stereocenters. The lowest BCUT2D eigenvalue weighted by Gasteiger charge is -2.30. The monoisotopic (exact) mass is 561 g/mol. The molecule has 39 heavy (non-hydrogen) atoms. The Hall–Kier alpha value is -3.18. The molecule has 7 heteroatoms. The van der Waals surface area contributed by atoms with Crippen LogP contribution in [0.3, 0.4) is 0 Å². The number of nitrogens with one attached hydrogen (secondary N) is 1. The Morgan fingerprint density at radius 2 is 1.23 bits per heavy atom. The lowest BCUT2D eigenvalue weighted by Crippen LogP contribution is -2.38. The summed E-state index contributed by atoms with van der Waals surface area (Å²) in [6.45, 7) is 5.91. The van der Waals surface area contributed by atoms with E-state index in [0.717, 1.165) is 22.2 Å². The van der Waals surface area contributed by atoms with Crippen LogP contribution in [-0.2, 0) is 11.0 Å². The van der Waals surface area contributed by atoms with E-state index in [1.807, 2.05) is 63.2 Å². The van der Waals surface area contributed by atoms with Gasteiger partial charge in [-0.15, -0.1) is 0 Å². The van der Waals surface area contributed by atoms with Gasteiger partial charge in [-0.2, -0.15) is 0 Å². The molecule has 0 heterocycles. The van der Waals surface area contributed by atoms with Gasteiger partial charge >= 0.3 is 0 Å². The summed E-state index contributed by atoms with van der Waals surface area (Å²) in [4.78, 5) is 0. The first-order valence-electron chi connectivity index (χ1n) is 12.7. The lowest BCUT2D eigenvalue weighted by molar-refractivity contribution is 0.354. The summed E-state index contributed by atoms with van der Waals surface area (Å²) in [5.41, 5.74) is 1.95. The molecule has 0 spiro atoms. The molecule has 0 bridgehead atoms. The molecule has 0 aliphatic rings. The van der Waals surface area contributed by atoms with Crippen molar-refractivity contribution in [2.45, 2.75) is 31.6 Å². The van der Waals surface area contributed by atoms with Gasteiger partial charge in [0.2, 0.25) is 0 Å². The highest BCUT2D eigenvalue weighted by molar-refractivity contribution is 7.84. The molecule has 204 valence electrons. The maximum Gasteiger partial charge on any atom is 0.161 e. The molecule has 4 rings (SSSR count). The molecule has 4 aromatic carbocycles. The Kier molecular flexibility index (Phi) is 9.45. The zero-order valence-electron chi connectivity index (χ0n) is 23.3. The summed E-state index contributed by atoms with van der Waals surface area (Å²) in [5, 5.41) is 3.51. The van der Waals surface area contributed by atoms with E-state index in [1.165, 1.54) is 10.6 Å². The van der Waals surface area contributed by atoms with E-state index in [2.05, 4.69) is 59.3 Å². The quantitative estimate of drug-likeness (QED) is 0.256. The maximum absolute atomic E-state index is 13.6. The highest BCUT2D eigenvalue weighted by Crippen LogP contribution is 2.41. The number of benzene rings is 4. The van der Waals surface area contributed by atoms with Gasteiger partial charge in [0.25, 0.3) is 0 Å². The topological polar surface area (TPSA) is 56.8 Å². The first-order chi connectivity index (χ1) is 18.8. The van der Waals surface area contributed by atoms with Gasteiger partial charge in [0.15, 0.2) is 11.5 Å². The third-order valence-corrected chi connectivity index (χ3v) is 10.4. The van der Waals surface area contributed by atoms with Crippen molar-refractivity contribution in [1.29, 1.82) is 0 Å². The van der Waals surface area contributed by atoms with E-state index < -0.39 is 23.7 Å². The van der Waals surface area contributed by atoms with Gasteiger partial charge < -0.3 is 14.2 Å². The average Bonchev–Trinajstić information content (AvgIpc) is 2.96. The fourth-order valence-corrected chi connectivity index (χ4v) is 7.61. The molecular formula is C32H36NO4PS. The second-order valence-corrected chi connectivity index (χ2v) is 14.2. The van der Waals surface area contributed by atoms with Crippen LogP contribution in [0.1, 0.15) is 37.9 Å². The van der Waals surface area contributed by atoms with Gasteiger partial charge in [-0.25, -0.2) is 8.93 Å². The van der Waals surface area contributed by atoms with Crippen molar-refractivity contribution in [2.75, 3.05) is 21.3 Å². The van der Waals surface area contributed by atoms with Gasteiger partial charge in [0, 0.05) is 0 Å². The molecule has 1 unspecified atom stereocenters. The molecule has 0 amide bonds. The SMILES string of the molecule is COc1ccc([C@H](NS(=O)C(C)(C)C)c2cc(OC)c(OC)cc2P(c2ccccc2)c2ccccc2)cc1. The molecular weight excluding hydrogens is 525 g/mol. The maximum atomic E-state index is 13.6. The summed E-state index contributed by atoms with van der Waals surface area (Å²) in [7, 11) is 2.61. The van der Waals surface area contributed by atoms with Crippen molar-refractivity contribution in [3.8, 4) is 17.2 Å². The van der Waals surface area contributed by atoms with Crippen molar-refractivity contribution >= 4 is 34.8 Å². The largest absolute Gasteiger partial charge is 0.497 e. The Bertz CT molecular complexity index is 1350. The minimum Gasteiger partial charge on any atom is -0.497 e. The number of rotatable bonds is 10. The molecule has 1 N–H and O–H groups in total. The van der Waals surface area contributed by atoms with E-state index in [0.29, 0.717) is 11.5 Å². The molecule has 0 saturated carbocycles. The molecule has 0 aliphatic carbocycles. The zero-order valence-corrected chi connectivity index (χ0v) is 25.0. The van der Waals surface area contributed by atoms with Crippen molar-refractivity contribution in [3.05, 3.63) is 108 Å². The second-order valence-electron chi connectivity index (χ2n) is 9.98. The van der Waals surface area contributed by atoms with E-state index in [9.17, 15) is 4.21 Å². The van der Waals surface area contributed by atoms with Crippen molar-refractivity contribution in [3.63, 3.8) is 0 Å². The van der Waals surface area contributed by atoms with Crippen molar-refractivity contribution in [2.24, 2.45) is 0 Å². The van der Waals surface area contributed by atoms with E-state index in [-0.39, 0.29) is 6.04 Å². The predicted octanol–water partition coefficient (Wildman–Crippen LogP) is 5.61. The molecule has 0 saturated heterocycles. The van der Waals surface area contributed by atoms with Gasteiger partial charge in [-0.05, 0) is 80.0 Å². The molecule has 4 aromatic rings. The Morgan fingerprint density at radius 3 is 1.69 bits per heavy atom. The summed E-state index contributed by atoms with van der Waals surface area (Å²) >= 11 is 0. The molecule has 0 aliphatic heterocycles. The smallest absolute Gasteiger partial charge is 0.161 e. The number of ether oxygens (including phenoxy) is 3. The minimum absolute atomic E-state index is 0.386. The predicted molar refractivity (Wildman–Crippen MR) is 164 cm³/mol. The summed E-state index contributed by atoms with van der Waals surface area (Å²) in [6, 6.07) is 32.6. The van der Waals surface area contributed by atoms with Crippen molar-refractivity contribution < 1.29 is 18.4 Å². The first-order valence-corrected chi connectivity index (χ1v) is 15.2. The third-order valence-electron chi connectivity index (χ3n) is 6.34. The Morgan fingerprint density at radius 1 is 0.718 bits per heavy atom. The van der Waals surface area contributed by atoms with Crippen LogP contribution in [0.25, 0.3) is 0 Å². The van der Waals surface area contributed by atoms with Crippen LogP contribution in [0.15, 0.2) is 97.1 Å². The van der Waals surface area contributed by atoms with Crippen LogP contribution >= 0.6 is 7.92 Å². The molecule has 0 aromatic heterocycles. The van der Waals surface area contributed by atoms with E-state index >= 15 is 0 Å². The number of hydrogen-bond acceptors (Lipinski definition) is 4.